The van der Waals surface area contributed by atoms with Crippen molar-refractivity contribution in [3.8, 4) is 0 Å². The average molecular weight is 211 g/mol. The first kappa shape index (κ1) is 12.7. The summed E-state index contributed by atoms with van der Waals surface area (Å²) in [7, 11) is 0. The molecule has 2 nitrogen and oxygen atoms in total. The van der Waals surface area contributed by atoms with E-state index in [1.165, 1.54) is 38.5 Å². The molecule has 0 amide bonds. The maximum atomic E-state index is 10.8. The molecule has 0 aromatic rings. The highest BCUT2D eigenvalue weighted by atomic mass is 16.1. The minimum absolute atomic E-state index is 0.117. The molecule has 88 valence electrons. The Hall–Kier alpha value is -0.370. The Morgan fingerprint density at radius 2 is 1.93 bits per heavy atom. The third-order valence-corrected chi connectivity index (χ3v) is 3.70. The number of rotatable bonds is 5. The second kappa shape index (κ2) is 7.00. The molecule has 0 spiro atoms. The van der Waals surface area contributed by atoms with Crippen LogP contribution >= 0.6 is 0 Å². The van der Waals surface area contributed by atoms with Crippen molar-refractivity contribution in [1.29, 1.82) is 0 Å². The molecule has 1 heterocycles. The van der Waals surface area contributed by atoms with Crippen LogP contribution in [0.2, 0.25) is 0 Å². The molecule has 2 unspecified atom stereocenters. The van der Waals surface area contributed by atoms with Gasteiger partial charge in [0.15, 0.2) is 0 Å². The van der Waals surface area contributed by atoms with Crippen molar-refractivity contribution in [2.45, 2.75) is 70.9 Å². The van der Waals surface area contributed by atoms with Gasteiger partial charge in [-0.1, -0.05) is 39.5 Å². The molecular weight excluding hydrogens is 186 g/mol. The number of carbonyl (C=O) groups is 1. The summed E-state index contributed by atoms with van der Waals surface area (Å²) in [5, 5.41) is 3.50. The highest BCUT2D eigenvalue weighted by Crippen LogP contribution is 2.21. The summed E-state index contributed by atoms with van der Waals surface area (Å²) >= 11 is 0. The van der Waals surface area contributed by atoms with Crippen molar-refractivity contribution in [2.24, 2.45) is 5.92 Å². The largest absolute Gasteiger partial charge is 0.305 e. The third-order valence-electron chi connectivity index (χ3n) is 3.70. The number of aldehydes is 1. The van der Waals surface area contributed by atoms with Crippen LogP contribution in [0.3, 0.4) is 0 Å². The van der Waals surface area contributed by atoms with Crippen LogP contribution in [0.15, 0.2) is 0 Å². The van der Waals surface area contributed by atoms with Crippen molar-refractivity contribution < 1.29 is 4.79 Å². The lowest BCUT2D eigenvalue weighted by molar-refractivity contribution is -0.109. The van der Waals surface area contributed by atoms with E-state index in [1.54, 1.807) is 0 Å². The normalized spacial score (nSPS) is 27.7. The Bertz CT molecular complexity index is 177. The zero-order valence-electron chi connectivity index (χ0n) is 10.2. The second-order valence-corrected chi connectivity index (χ2v) is 4.81. The quantitative estimate of drug-likeness (QED) is 0.708. The first-order chi connectivity index (χ1) is 7.30. The van der Waals surface area contributed by atoms with Crippen molar-refractivity contribution in [2.75, 3.05) is 0 Å². The highest BCUT2D eigenvalue weighted by Gasteiger charge is 2.20. The fraction of sp³-hybridized carbons (Fsp3) is 0.923. The van der Waals surface area contributed by atoms with Gasteiger partial charge < -0.3 is 10.1 Å². The highest BCUT2D eigenvalue weighted by molar-refractivity contribution is 5.57. The zero-order valence-corrected chi connectivity index (χ0v) is 10.2. The van der Waals surface area contributed by atoms with Gasteiger partial charge in [-0.25, -0.2) is 0 Å². The molecule has 0 radical (unpaired) electrons. The van der Waals surface area contributed by atoms with Crippen LogP contribution in [-0.2, 0) is 4.79 Å². The summed E-state index contributed by atoms with van der Waals surface area (Å²) in [6.45, 7) is 4.53. The van der Waals surface area contributed by atoms with E-state index in [2.05, 4.69) is 19.2 Å². The van der Waals surface area contributed by atoms with Crippen LogP contribution < -0.4 is 5.32 Å². The van der Waals surface area contributed by atoms with Crippen molar-refractivity contribution in [1.82, 2.24) is 5.32 Å². The Labute approximate surface area is 93.8 Å². The van der Waals surface area contributed by atoms with Gasteiger partial charge in [0.05, 0.1) is 6.04 Å². The first-order valence-corrected chi connectivity index (χ1v) is 6.51. The third kappa shape index (κ3) is 4.33. The SMILES string of the molecule is CCC(CC)CC1CCCCC(C=O)N1. The topological polar surface area (TPSA) is 29.1 Å². The molecule has 0 bridgehead atoms. The standard InChI is InChI=1S/C13H25NO/c1-3-11(4-2)9-12-7-5-6-8-13(10-15)14-12/h10-14H,3-9H2,1-2H3. The fourth-order valence-electron chi connectivity index (χ4n) is 2.54. The van der Waals surface area contributed by atoms with Crippen LogP contribution in [0, 0.1) is 5.92 Å². The summed E-state index contributed by atoms with van der Waals surface area (Å²) in [4.78, 5) is 10.8. The predicted molar refractivity (Wildman–Crippen MR) is 63.9 cm³/mol. The van der Waals surface area contributed by atoms with Crippen LogP contribution in [0.1, 0.15) is 58.8 Å². The van der Waals surface area contributed by atoms with E-state index in [0.29, 0.717) is 6.04 Å². The minimum Gasteiger partial charge on any atom is -0.305 e. The number of hydrogen-bond acceptors (Lipinski definition) is 2. The molecule has 0 aromatic heterocycles. The van der Waals surface area contributed by atoms with Gasteiger partial charge in [-0.05, 0) is 25.2 Å². The molecule has 1 saturated heterocycles. The van der Waals surface area contributed by atoms with Gasteiger partial charge in [-0.15, -0.1) is 0 Å². The van der Waals surface area contributed by atoms with E-state index in [0.717, 1.165) is 18.6 Å². The lowest BCUT2D eigenvalue weighted by Crippen LogP contribution is -2.38. The molecule has 0 aromatic carbocycles. The molecule has 1 aliphatic rings. The number of carbonyl (C=O) groups excluding carboxylic acids is 1. The maximum Gasteiger partial charge on any atom is 0.136 e. The van der Waals surface area contributed by atoms with E-state index in [9.17, 15) is 4.79 Å². The van der Waals surface area contributed by atoms with Gasteiger partial charge in [0, 0.05) is 6.04 Å². The fourth-order valence-corrected chi connectivity index (χ4v) is 2.54. The van der Waals surface area contributed by atoms with Gasteiger partial charge in [0.1, 0.15) is 6.29 Å². The van der Waals surface area contributed by atoms with Gasteiger partial charge >= 0.3 is 0 Å². The summed E-state index contributed by atoms with van der Waals surface area (Å²) < 4.78 is 0. The van der Waals surface area contributed by atoms with Crippen LogP contribution in [0.4, 0.5) is 0 Å². The Balaban J connectivity index is 2.41. The molecular formula is C13H25NO. The van der Waals surface area contributed by atoms with Crippen LogP contribution in [0.5, 0.6) is 0 Å². The predicted octanol–water partition coefficient (Wildman–Crippen LogP) is 2.91. The van der Waals surface area contributed by atoms with Gasteiger partial charge in [-0.3, -0.25) is 0 Å². The van der Waals surface area contributed by atoms with Crippen LogP contribution in [0.25, 0.3) is 0 Å². The maximum absolute atomic E-state index is 10.8. The molecule has 2 heteroatoms. The summed E-state index contributed by atoms with van der Waals surface area (Å²) in [6, 6.07) is 0.694. The van der Waals surface area contributed by atoms with E-state index >= 15 is 0 Å². The molecule has 1 N–H and O–H groups in total. The molecule has 0 aliphatic carbocycles. The van der Waals surface area contributed by atoms with E-state index in [1.807, 2.05) is 0 Å². The summed E-state index contributed by atoms with van der Waals surface area (Å²) in [6.07, 6.45) is 9.63. The van der Waals surface area contributed by atoms with E-state index in [-0.39, 0.29) is 6.04 Å². The molecule has 1 rings (SSSR count). The average Bonchev–Trinajstić information content (AvgIpc) is 2.50. The Morgan fingerprint density at radius 3 is 2.53 bits per heavy atom. The lowest BCUT2D eigenvalue weighted by Gasteiger charge is -2.23. The molecule has 15 heavy (non-hydrogen) atoms. The van der Waals surface area contributed by atoms with Gasteiger partial charge in [-0.2, -0.15) is 0 Å². The number of hydrogen-bond donors (Lipinski definition) is 1. The van der Waals surface area contributed by atoms with Crippen molar-refractivity contribution in [3.05, 3.63) is 0 Å². The lowest BCUT2D eigenvalue weighted by atomic mass is 9.93. The smallest absolute Gasteiger partial charge is 0.136 e. The minimum atomic E-state index is 0.117. The zero-order chi connectivity index (χ0) is 11.1. The van der Waals surface area contributed by atoms with Crippen LogP contribution in [-0.4, -0.2) is 18.4 Å². The molecule has 1 fully saturated rings. The molecule has 1 aliphatic heterocycles. The van der Waals surface area contributed by atoms with Crippen molar-refractivity contribution >= 4 is 6.29 Å². The molecule has 0 saturated carbocycles. The van der Waals surface area contributed by atoms with Crippen molar-refractivity contribution in [3.63, 3.8) is 0 Å². The summed E-state index contributed by atoms with van der Waals surface area (Å²) in [5.41, 5.74) is 0. The number of nitrogens with one attached hydrogen (secondary N) is 1. The van der Waals surface area contributed by atoms with E-state index < -0.39 is 0 Å². The van der Waals surface area contributed by atoms with Gasteiger partial charge in [0.25, 0.3) is 0 Å². The first-order valence-electron chi connectivity index (χ1n) is 6.51. The van der Waals surface area contributed by atoms with E-state index in [4.69, 9.17) is 0 Å². The van der Waals surface area contributed by atoms with Gasteiger partial charge in [0.2, 0.25) is 0 Å². The Kier molecular flexibility index (Phi) is 5.92. The molecule has 2 atom stereocenters. The Morgan fingerprint density at radius 1 is 1.27 bits per heavy atom. The monoisotopic (exact) mass is 211 g/mol. The second-order valence-electron chi connectivity index (χ2n) is 4.81. The summed E-state index contributed by atoms with van der Waals surface area (Å²) in [5.74, 6) is 0.827.